The average Bonchev–Trinajstić information content (AvgIpc) is 3.27. The maximum absolute atomic E-state index is 14.4. The molecule has 37 heavy (non-hydrogen) atoms. The van der Waals surface area contributed by atoms with Crippen LogP contribution in [0.3, 0.4) is 0 Å². The maximum atomic E-state index is 14.4. The summed E-state index contributed by atoms with van der Waals surface area (Å²) < 4.78 is 4.65. The van der Waals surface area contributed by atoms with E-state index in [2.05, 4.69) is 13.8 Å². The molecule has 1 aromatic carbocycles. The summed E-state index contributed by atoms with van der Waals surface area (Å²) in [5.41, 5.74) is 0.979. The van der Waals surface area contributed by atoms with Crippen molar-refractivity contribution in [1.82, 2.24) is 9.80 Å². The molecule has 2 amide bonds. The van der Waals surface area contributed by atoms with Crippen molar-refractivity contribution < 1.29 is 24.2 Å². The zero-order chi connectivity index (χ0) is 26.2. The van der Waals surface area contributed by atoms with Gasteiger partial charge in [-0.1, -0.05) is 68.0 Å². The quantitative estimate of drug-likeness (QED) is 0.436. The van der Waals surface area contributed by atoms with Crippen LogP contribution >= 0.6 is 11.8 Å². The number of carbonyl (C=O) groups is 3. The largest absolute Gasteiger partial charge is 0.465 e. The number of fused-ring (bicyclic) bond motifs is 2. The Morgan fingerprint density at radius 2 is 1.95 bits per heavy atom. The molecule has 1 spiro atoms. The van der Waals surface area contributed by atoms with Crippen molar-refractivity contribution in [2.45, 2.75) is 67.7 Å². The highest BCUT2D eigenvalue weighted by Gasteiger charge is 2.71. The molecule has 0 bridgehead atoms. The van der Waals surface area contributed by atoms with Gasteiger partial charge in [0.25, 0.3) is 0 Å². The summed E-state index contributed by atoms with van der Waals surface area (Å²) in [5, 5.41) is 10.3. The Bertz CT molecular complexity index is 1090. The fourth-order valence-corrected chi connectivity index (χ4v) is 8.55. The number of rotatable bonds is 7. The van der Waals surface area contributed by atoms with Crippen LogP contribution in [0.1, 0.15) is 38.7 Å². The summed E-state index contributed by atoms with van der Waals surface area (Å²) in [5.74, 6) is -2.12. The Morgan fingerprint density at radius 3 is 2.68 bits per heavy atom. The molecule has 2 unspecified atom stereocenters. The number of benzene rings is 1. The Labute approximate surface area is 222 Å². The monoisotopic (exact) mass is 524 g/mol. The molecule has 8 heteroatoms. The van der Waals surface area contributed by atoms with Gasteiger partial charge in [-0.2, -0.15) is 0 Å². The van der Waals surface area contributed by atoms with E-state index in [-0.39, 0.29) is 42.3 Å². The van der Waals surface area contributed by atoms with E-state index in [0.29, 0.717) is 19.4 Å². The molecule has 1 aromatic rings. The van der Waals surface area contributed by atoms with E-state index in [1.807, 2.05) is 59.5 Å². The second kappa shape index (κ2) is 10.7. The number of cyclic esters (lactones) is 1. The molecular weight excluding hydrogens is 488 g/mol. The highest BCUT2D eigenvalue weighted by Crippen LogP contribution is 2.61. The summed E-state index contributed by atoms with van der Waals surface area (Å²) >= 11 is 1.54. The molecular formula is C29H36N2O5S. The van der Waals surface area contributed by atoms with E-state index >= 15 is 0 Å². The lowest BCUT2D eigenvalue weighted by molar-refractivity contribution is -0.153. The van der Waals surface area contributed by atoms with Crippen molar-refractivity contribution in [2.24, 2.45) is 11.8 Å². The second-order valence-corrected chi connectivity index (χ2v) is 12.0. The fraction of sp³-hybridized carbons (Fsp3) is 0.552. The topological polar surface area (TPSA) is 87.2 Å². The number of ether oxygens (including phenoxy) is 1. The number of likely N-dealkylation sites (tertiary alicyclic amines) is 1. The summed E-state index contributed by atoms with van der Waals surface area (Å²) in [6.45, 7) is 4.63. The lowest BCUT2D eigenvalue weighted by Crippen LogP contribution is -2.58. The molecule has 7 atom stereocenters. The minimum Gasteiger partial charge on any atom is -0.465 e. The lowest BCUT2D eigenvalue weighted by atomic mass is 9.78. The van der Waals surface area contributed by atoms with Crippen molar-refractivity contribution in [1.29, 1.82) is 0 Å². The number of thioether (sulfide) groups is 1. The average molecular weight is 525 g/mol. The predicted molar refractivity (Wildman–Crippen MR) is 143 cm³/mol. The van der Waals surface area contributed by atoms with E-state index in [1.54, 1.807) is 16.7 Å². The Morgan fingerprint density at radius 1 is 1.16 bits per heavy atom. The Balaban J connectivity index is 1.61. The zero-order valence-electron chi connectivity index (χ0n) is 21.5. The van der Waals surface area contributed by atoms with Gasteiger partial charge in [0.05, 0.1) is 35.8 Å². The molecule has 0 aromatic heterocycles. The highest BCUT2D eigenvalue weighted by molar-refractivity contribution is 8.02. The highest BCUT2D eigenvalue weighted by atomic mass is 32.2. The first kappa shape index (κ1) is 26.0. The van der Waals surface area contributed by atoms with Crippen molar-refractivity contribution >= 4 is 29.5 Å². The van der Waals surface area contributed by atoms with Crippen LogP contribution in [0.2, 0.25) is 0 Å². The molecule has 4 heterocycles. The van der Waals surface area contributed by atoms with E-state index in [9.17, 15) is 19.5 Å². The van der Waals surface area contributed by atoms with Gasteiger partial charge in [0.2, 0.25) is 11.8 Å². The minimum atomic E-state index is -0.901. The number of esters is 1. The number of aliphatic hydroxyl groups is 1. The first-order valence-corrected chi connectivity index (χ1v) is 14.3. The van der Waals surface area contributed by atoms with Gasteiger partial charge in [-0.3, -0.25) is 14.4 Å². The van der Waals surface area contributed by atoms with Gasteiger partial charge in [0, 0.05) is 17.8 Å². The Kier molecular flexibility index (Phi) is 7.50. The SMILES string of the molecule is CCCC(C)N1CC=C[C@]23S[C@@H]4C=CCCOC(=O)[C@@H]4[C@H]2C(=O)N([C@@H](CO)Cc2ccccc2)C3C1=O. The van der Waals surface area contributed by atoms with Crippen molar-refractivity contribution in [2.75, 3.05) is 19.8 Å². The minimum absolute atomic E-state index is 0.0138. The predicted octanol–water partition coefficient (Wildman–Crippen LogP) is 2.98. The standard InChI is InChI=1S/C29H36N2O5S/c1-3-10-19(2)30-15-9-14-29-24(23-22(37-29)13-7-8-16-36-28(23)35)26(33)31(25(29)27(30)34)21(18-32)17-20-11-5-4-6-12-20/h4-7,9,11-14,19,21-25,32H,3,8,10,15-18H2,1-2H3/t19?,21-,22-,23+,24+,25?,29+/m1/s1. The van der Waals surface area contributed by atoms with Gasteiger partial charge in [-0.05, 0) is 31.7 Å². The number of carbonyl (C=O) groups excluding carboxylic acids is 3. The molecule has 5 rings (SSSR count). The maximum Gasteiger partial charge on any atom is 0.311 e. The van der Waals surface area contributed by atoms with Crippen LogP contribution in [0.25, 0.3) is 0 Å². The van der Waals surface area contributed by atoms with Crippen LogP contribution in [-0.2, 0) is 25.5 Å². The third-order valence-corrected chi connectivity index (χ3v) is 9.99. The van der Waals surface area contributed by atoms with Gasteiger partial charge in [0.15, 0.2) is 0 Å². The molecule has 0 aliphatic carbocycles. The number of hydrogen-bond donors (Lipinski definition) is 1. The van der Waals surface area contributed by atoms with Crippen LogP contribution in [0.15, 0.2) is 54.6 Å². The van der Waals surface area contributed by atoms with E-state index < -0.39 is 28.7 Å². The van der Waals surface area contributed by atoms with Gasteiger partial charge in [-0.25, -0.2) is 0 Å². The van der Waals surface area contributed by atoms with Gasteiger partial charge < -0.3 is 19.6 Å². The number of hydrogen-bond acceptors (Lipinski definition) is 6. The van der Waals surface area contributed by atoms with Crippen molar-refractivity contribution in [3.05, 3.63) is 60.2 Å². The van der Waals surface area contributed by atoms with E-state index in [0.717, 1.165) is 18.4 Å². The third-order valence-electron chi connectivity index (χ3n) is 8.25. The molecule has 4 aliphatic rings. The summed E-state index contributed by atoms with van der Waals surface area (Å²) in [7, 11) is 0. The first-order chi connectivity index (χ1) is 17.9. The lowest BCUT2D eigenvalue weighted by Gasteiger charge is -2.40. The van der Waals surface area contributed by atoms with Crippen molar-refractivity contribution in [3.63, 3.8) is 0 Å². The van der Waals surface area contributed by atoms with Gasteiger partial charge in [-0.15, -0.1) is 11.8 Å². The Hall–Kier alpha value is -2.58. The van der Waals surface area contributed by atoms with E-state index in [4.69, 9.17) is 4.74 Å². The molecule has 0 radical (unpaired) electrons. The smallest absolute Gasteiger partial charge is 0.311 e. The zero-order valence-corrected chi connectivity index (χ0v) is 22.3. The molecule has 1 N–H and O–H groups in total. The second-order valence-electron chi connectivity index (χ2n) is 10.5. The number of aliphatic hydroxyl groups excluding tert-OH is 1. The molecule has 0 saturated carbocycles. The van der Waals surface area contributed by atoms with Gasteiger partial charge >= 0.3 is 5.97 Å². The molecule has 2 saturated heterocycles. The van der Waals surface area contributed by atoms with E-state index in [1.165, 1.54) is 0 Å². The molecule has 4 aliphatic heterocycles. The first-order valence-electron chi connectivity index (χ1n) is 13.4. The fourth-order valence-electron chi connectivity index (χ4n) is 6.56. The van der Waals surface area contributed by atoms with Gasteiger partial charge in [0.1, 0.15) is 6.04 Å². The van der Waals surface area contributed by atoms with Crippen LogP contribution in [0, 0.1) is 11.8 Å². The third kappa shape index (κ3) is 4.42. The summed E-state index contributed by atoms with van der Waals surface area (Å²) in [6, 6.07) is 8.34. The van der Waals surface area contributed by atoms with Crippen molar-refractivity contribution in [3.8, 4) is 0 Å². The van der Waals surface area contributed by atoms with Crippen LogP contribution < -0.4 is 0 Å². The molecule has 7 nitrogen and oxygen atoms in total. The molecule has 2 fully saturated rings. The van der Waals surface area contributed by atoms with Crippen LogP contribution in [-0.4, -0.2) is 80.6 Å². The number of amides is 2. The number of nitrogens with zero attached hydrogens (tertiary/aromatic N) is 2. The summed E-state index contributed by atoms with van der Waals surface area (Å²) in [4.78, 5) is 45.5. The normalized spacial score (nSPS) is 32.7. The van der Waals surface area contributed by atoms with Crippen LogP contribution in [0.4, 0.5) is 0 Å². The summed E-state index contributed by atoms with van der Waals surface area (Å²) in [6.07, 6.45) is 10.9. The van der Waals surface area contributed by atoms with Crippen LogP contribution in [0.5, 0.6) is 0 Å². The molecule has 198 valence electrons.